The lowest BCUT2D eigenvalue weighted by Gasteiger charge is -2.07. The number of rotatable bonds is 3. The van der Waals surface area contributed by atoms with Gasteiger partial charge in [0.15, 0.2) is 5.82 Å². The highest BCUT2D eigenvalue weighted by Gasteiger charge is 2.15. The zero-order valence-electron chi connectivity index (χ0n) is 8.83. The summed E-state index contributed by atoms with van der Waals surface area (Å²) in [4.78, 5) is 2.79. The van der Waals surface area contributed by atoms with Gasteiger partial charge in [-0.3, -0.25) is 0 Å². The summed E-state index contributed by atoms with van der Waals surface area (Å²) in [6.45, 7) is 1.98. The topological polar surface area (TPSA) is 82.0 Å². The van der Waals surface area contributed by atoms with Crippen molar-refractivity contribution in [3.05, 3.63) is 47.5 Å². The van der Waals surface area contributed by atoms with Gasteiger partial charge >= 0.3 is 0 Å². The van der Waals surface area contributed by atoms with Gasteiger partial charge in [-0.1, -0.05) is 37.3 Å². The molecule has 84 valence electrons. The molecule has 1 aromatic carbocycles. The lowest BCUT2D eigenvalue weighted by atomic mass is 10.0. The van der Waals surface area contributed by atoms with Gasteiger partial charge in [-0.05, 0) is 5.56 Å². The second-order valence-corrected chi connectivity index (χ2v) is 3.60. The minimum atomic E-state index is -1.61. The van der Waals surface area contributed by atoms with E-state index >= 15 is 0 Å². The van der Waals surface area contributed by atoms with E-state index in [1.54, 1.807) is 0 Å². The Morgan fingerprint density at radius 3 is 2.25 bits per heavy atom. The molecule has 16 heavy (non-hydrogen) atoms. The summed E-state index contributed by atoms with van der Waals surface area (Å²) in [5.74, 6) is 0.730. The van der Waals surface area contributed by atoms with Crippen molar-refractivity contribution >= 4 is 0 Å². The maximum Gasteiger partial charge on any atom is 0.214 e. The van der Waals surface area contributed by atoms with Gasteiger partial charge in [0.25, 0.3) is 0 Å². The Bertz CT molecular complexity index is 453. The Balaban J connectivity index is 2.24. The van der Waals surface area contributed by atoms with Crippen molar-refractivity contribution in [2.45, 2.75) is 19.1 Å². The van der Waals surface area contributed by atoms with Gasteiger partial charge in [-0.25, -0.2) is 0 Å². The quantitative estimate of drug-likeness (QED) is 0.671. The third kappa shape index (κ3) is 2.10. The zero-order valence-corrected chi connectivity index (χ0v) is 8.83. The van der Waals surface area contributed by atoms with Gasteiger partial charge in [0.2, 0.25) is 6.29 Å². The van der Waals surface area contributed by atoms with Gasteiger partial charge in [0.05, 0.1) is 0 Å². The van der Waals surface area contributed by atoms with Crippen LogP contribution in [0.5, 0.6) is 0 Å². The first kappa shape index (κ1) is 10.8. The third-order valence-electron chi connectivity index (χ3n) is 2.48. The number of aromatic nitrogens is 3. The third-order valence-corrected chi connectivity index (χ3v) is 2.48. The fraction of sp³-hybridized carbons (Fsp3) is 0.273. The normalized spacial score (nSPS) is 13.0. The Kier molecular flexibility index (Phi) is 2.98. The fourth-order valence-corrected chi connectivity index (χ4v) is 1.50. The molecular formula is C11H13N3O2. The lowest BCUT2D eigenvalue weighted by Crippen LogP contribution is -2.00. The van der Waals surface area contributed by atoms with E-state index in [-0.39, 0.29) is 11.7 Å². The lowest BCUT2D eigenvalue weighted by molar-refractivity contribution is -0.0492. The highest BCUT2D eigenvalue weighted by atomic mass is 16.5. The summed E-state index contributed by atoms with van der Waals surface area (Å²) in [7, 11) is 0. The van der Waals surface area contributed by atoms with Gasteiger partial charge in [-0.2, -0.15) is 0 Å². The van der Waals surface area contributed by atoms with E-state index in [2.05, 4.69) is 15.2 Å². The largest absolute Gasteiger partial charge is 0.362 e. The van der Waals surface area contributed by atoms with Crippen LogP contribution in [0.25, 0.3) is 0 Å². The van der Waals surface area contributed by atoms with Crippen LogP contribution in [0.4, 0.5) is 0 Å². The standard InChI is InChI=1S/C11H13N3O2/c1-7(8-5-3-2-4-6-8)9-12-10(11(15)16)14-13-9/h2-7,11,15-16H,1H3,(H,12,13,14). The smallest absolute Gasteiger partial charge is 0.214 e. The van der Waals surface area contributed by atoms with E-state index in [4.69, 9.17) is 10.2 Å². The molecule has 0 amide bonds. The van der Waals surface area contributed by atoms with Gasteiger partial charge in [0, 0.05) is 5.92 Å². The molecule has 0 saturated carbocycles. The van der Waals surface area contributed by atoms with Crippen LogP contribution < -0.4 is 0 Å². The maximum atomic E-state index is 8.91. The van der Waals surface area contributed by atoms with Gasteiger partial charge < -0.3 is 15.2 Å². The Morgan fingerprint density at radius 1 is 1.06 bits per heavy atom. The van der Waals surface area contributed by atoms with Crippen LogP contribution in [-0.2, 0) is 0 Å². The SMILES string of the molecule is CC(c1ccccc1)c1nnc(C(O)O)[nH]1. The molecule has 0 aliphatic rings. The minimum Gasteiger partial charge on any atom is -0.362 e. The molecule has 1 heterocycles. The van der Waals surface area contributed by atoms with Crippen LogP contribution in [-0.4, -0.2) is 25.4 Å². The number of H-pyrrole nitrogens is 1. The fourth-order valence-electron chi connectivity index (χ4n) is 1.50. The monoisotopic (exact) mass is 219 g/mol. The number of aliphatic hydroxyl groups is 2. The summed E-state index contributed by atoms with van der Waals surface area (Å²) in [5, 5.41) is 25.4. The number of aromatic amines is 1. The summed E-state index contributed by atoms with van der Waals surface area (Å²) < 4.78 is 0. The number of aliphatic hydroxyl groups excluding tert-OH is 1. The van der Waals surface area contributed by atoms with Crippen LogP contribution in [0, 0.1) is 0 Å². The van der Waals surface area contributed by atoms with Crippen molar-refractivity contribution in [3.8, 4) is 0 Å². The molecule has 2 aromatic rings. The second kappa shape index (κ2) is 4.42. The first-order chi connectivity index (χ1) is 7.68. The molecule has 0 saturated heterocycles. The first-order valence-corrected chi connectivity index (χ1v) is 5.02. The summed E-state index contributed by atoms with van der Waals surface area (Å²) in [5.41, 5.74) is 1.10. The number of nitrogens with zero attached hydrogens (tertiary/aromatic N) is 2. The van der Waals surface area contributed by atoms with Crippen molar-refractivity contribution in [3.63, 3.8) is 0 Å². The second-order valence-electron chi connectivity index (χ2n) is 3.60. The van der Waals surface area contributed by atoms with Crippen LogP contribution in [0.3, 0.4) is 0 Å². The van der Waals surface area contributed by atoms with Crippen LogP contribution >= 0.6 is 0 Å². The molecule has 3 N–H and O–H groups in total. The number of hydrogen-bond donors (Lipinski definition) is 3. The van der Waals surface area contributed by atoms with E-state index in [1.165, 1.54) is 0 Å². The predicted octanol–water partition coefficient (Wildman–Crippen LogP) is 0.940. The highest BCUT2D eigenvalue weighted by Crippen LogP contribution is 2.20. The number of benzene rings is 1. The Hall–Kier alpha value is -1.72. The molecule has 5 heteroatoms. The molecule has 5 nitrogen and oxygen atoms in total. The summed E-state index contributed by atoms with van der Waals surface area (Å²) in [6, 6.07) is 9.82. The average molecular weight is 219 g/mol. The van der Waals surface area contributed by atoms with Crippen LogP contribution in [0.1, 0.15) is 36.3 Å². The van der Waals surface area contributed by atoms with E-state index in [0.717, 1.165) is 5.56 Å². The Labute approximate surface area is 92.8 Å². The first-order valence-electron chi connectivity index (χ1n) is 5.02. The number of hydrogen-bond acceptors (Lipinski definition) is 4. The molecule has 1 unspecified atom stereocenters. The van der Waals surface area contributed by atoms with Crippen LogP contribution in [0.15, 0.2) is 30.3 Å². The molecule has 0 aliphatic carbocycles. The molecule has 1 atom stereocenters. The van der Waals surface area contributed by atoms with Crippen molar-refractivity contribution < 1.29 is 10.2 Å². The highest BCUT2D eigenvalue weighted by molar-refractivity contribution is 5.24. The van der Waals surface area contributed by atoms with E-state index in [0.29, 0.717) is 5.82 Å². The molecular weight excluding hydrogens is 206 g/mol. The van der Waals surface area contributed by atoms with Crippen molar-refractivity contribution in [2.75, 3.05) is 0 Å². The number of nitrogens with one attached hydrogen (secondary N) is 1. The molecule has 2 rings (SSSR count). The molecule has 0 aliphatic heterocycles. The van der Waals surface area contributed by atoms with Crippen molar-refractivity contribution in [1.29, 1.82) is 0 Å². The van der Waals surface area contributed by atoms with E-state index < -0.39 is 6.29 Å². The minimum absolute atomic E-state index is 0.0428. The van der Waals surface area contributed by atoms with Crippen molar-refractivity contribution in [1.82, 2.24) is 15.2 Å². The van der Waals surface area contributed by atoms with E-state index in [1.807, 2.05) is 37.3 Å². The average Bonchev–Trinajstić information content (AvgIpc) is 2.78. The summed E-state index contributed by atoms with van der Waals surface area (Å²) in [6.07, 6.45) is -1.61. The molecule has 1 aromatic heterocycles. The van der Waals surface area contributed by atoms with Crippen molar-refractivity contribution in [2.24, 2.45) is 0 Å². The van der Waals surface area contributed by atoms with E-state index in [9.17, 15) is 0 Å². The predicted molar refractivity (Wildman–Crippen MR) is 57.5 cm³/mol. The molecule has 0 bridgehead atoms. The maximum absolute atomic E-state index is 8.91. The van der Waals surface area contributed by atoms with Crippen LogP contribution in [0.2, 0.25) is 0 Å². The molecule has 0 radical (unpaired) electrons. The van der Waals surface area contributed by atoms with Gasteiger partial charge in [-0.15, -0.1) is 10.2 Å². The molecule has 0 fully saturated rings. The van der Waals surface area contributed by atoms with Gasteiger partial charge in [0.1, 0.15) is 5.82 Å². The molecule has 0 spiro atoms. The summed E-state index contributed by atoms with van der Waals surface area (Å²) >= 11 is 0. The zero-order chi connectivity index (χ0) is 11.5. The Morgan fingerprint density at radius 2 is 1.69 bits per heavy atom.